The predicted octanol–water partition coefficient (Wildman–Crippen LogP) is 3.94. The number of hydrogen-bond donors (Lipinski definition) is 1. The molecular weight excluding hydrogens is 400 g/mol. The molecule has 166 valence electrons. The van der Waals surface area contributed by atoms with Crippen LogP contribution >= 0.6 is 0 Å². The predicted molar refractivity (Wildman–Crippen MR) is 120 cm³/mol. The Balaban J connectivity index is 1.82. The van der Waals surface area contributed by atoms with E-state index in [1.54, 1.807) is 12.1 Å². The van der Waals surface area contributed by atoms with Crippen molar-refractivity contribution in [2.24, 2.45) is 0 Å². The molecule has 0 aliphatic carbocycles. The van der Waals surface area contributed by atoms with Gasteiger partial charge in [-0.25, -0.2) is 8.42 Å². The second-order valence-corrected chi connectivity index (χ2v) is 9.80. The van der Waals surface area contributed by atoms with Crippen LogP contribution in [0.5, 0.6) is 0 Å². The first-order valence-electron chi connectivity index (χ1n) is 10.7. The van der Waals surface area contributed by atoms with Gasteiger partial charge in [-0.05, 0) is 63.5 Å². The van der Waals surface area contributed by atoms with Crippen molar-refractivity contribution in [3.05, 3.63) is 59.0 Å². The Kier molecular flexibility index (Phi) is 9.59. The maximum Gasteiger partial charge on any atom is 0.286 e. The zero-order valence-electron chi connectivity index (χ0n) is 18.3. The molecule has 2 aromatic rings. The highest BCUT2D eigenvalue weighted by Crippen LogP contribution is 2.16. The molecule has 7 heteroatoms. The first-order valence-corrected chi connectivity index (χ1v) is 12.5. The third kappa shape index (κ3) is 8.32. The number of aryl methyl sites for hydroxylation is 1. The molecule has 0 radical (unpaired) electrons. The van der Waals surface area contributed by atoms with Gasteiger partial charge in [0.25, 0.3) is 5.91 Å². The van der Waals surface area contributed by atoms with Crippen molar-refractivity contribution >= 4 is 15.7 Å². The van der Waals surface area contributed by atoms with Gasteiger partial charge in [-0.3, -0.25) is 4.79 Å². The van der Waals surface area contributed by atoms with Crippen LogP contribution in [0.4, 0.5) is 0 Å². The minimum atomic E-state index is -3.39. The van der Waals surface area contributed by atoms with Gasteiger partial charge in [-0.15, -0.1) is 0 Å². The summed E-state index contributed by atoms with van der Waals surface area (Å²) >= 11 is 0. The summed E-state index contributed by atoms with van der Waals surface area (Å²) in [7, 11) is -3.39. The molecule has 1 N–H and O–H groups in total. The lowest BCUT2D eigenvalue weighted by atomic mass is 10.2. The van der Waals surface area contributed by atoms with Crippen molar-refractivity contribution in [3.8, 4) is 0 Å². The van der Waals surface area contributed by atoms with Crippen LogP contribution in [0.2, 0.25) is 0 Å². The Labute approximate surface area is 180 Å². The molecule has 0 spiro atoms. The summed E-state index contributed by atoms with van der Waals surface area (Å²) < 4.78 is 30.4. The number of hydrogen-bond acceptors (Lipinski definition) is 5. The summed E-state index contributed by atoms with van der Waals surface area (Å²) in [6.45, 7) is 9.91. The molecule has 0 saturated carbocycles. The van der Waals surface area contributed by atoms with Gasteiger partial charge < -0.3 is 14.6 Å². The van der Waals surface area contributed by atoms with Crippen LogP contribution in [-0.2, 0) is 21.3 Å². The van der Waals surface area contributed by atoms with Crippen molar-refractivity contribution in [2.75, 3.05) is 26.2 Å². The minimum Gasteiger partial charge on any atom is -0.455 e. The molecule has 0 aliphatic rings. The molecule has 1 heterocycles. The fraction of sp³-hybridized carbons (Fsp3) is 0.522. The topological polar surface area (TPSA) is 79.6 Å². The van der Waals surface area contributed by atoms with Gasteiger partial charge >= 0.3 is 0 Å². The van der Waals surface area contributed by atoms with Gasteiger partial charge in [0.15, 0.2) is 15.6 Å². The second-order valence-electron chi connectivity index (χ2n) is 7.74. The van der Waals surface area contributed by atoms with E-state index in [1.807, 2.05) is 25.1 Å². The zero-order chi connectivity index (χ0) is 22.0. The smallest absolute Gasteiger partial charge is 0.286 e. The minimum absolute atomic E-state index is 0.0526. The van der Waals surface area contributed by atoms with E-state index in [4.69, 9.17) is 4.42 Å². The van der Waals surface area contributed by atoms with Crippen LogP contribution in [0.15, 0.2) is 40.8 Å². The summed E-state index contributed by atoms with van der Waals surface area (Å²) in [5.74, 6) is -0.158. The molecular formula is C23H34N2O4S. The van der Waals surface area contributed by atoms with Crippen LogP contribution in [0.3, 0.4) is 0 Å². The third-order valence-corrected chi connectivity index (χ3v) is 6.23. The monoisotopic (exact) mass is 434 g/mol. The van der Waals surface area contributed by atoms with Crippen molar-refractivity contribution in [1.29, 1.82) is 0 Å². The Morgan fingerprint density at radius 1 is 1.03 bits per heavy atom. The summed E-state index contributed by atoms with van der Waals surface area (Å²) in [4.78, 5) is 14.7. The highest BCUT2D eigenvalue weighted by atomic mass is 32.2. The van der Waals surface area contributed by atoms with Gasteiger partial charge in [0.1, 0.15) is 11.5 Å². The highest BCUT2D eigenvalue weighted by molar-refractivity contribution is 7.89. The molecule has 1 aromatic carbocycles. The quantitative estimate of drug-likeness (QED) is 0.483. The molecule has 0 unspecified atom stereocenters. The number of rotatable bonds is 13. The van der Waals surface area contributed by atoms with Crippen LogP contribution < -0.4 is 5.32 Å². The first kappa shape index (κ1) is 24.2. The molecule has 2 rings (SSSR count). The summed E-state index contributed by atoms with van der Waals surface area (Å²) in [5.41, 5.74) is 1.77. The molecule has 30 heavy (non-hydrogen) atoms. The third-order valence-electron chi connectivity index (χ3n) is 4.73. The Morgan fingerprint density at radius 3 is 2.43 bits per heavy atom. The van der Waals surface area contributed by atoms with Crippen molar-refractivity contribution in [2.45, 2.75) is 51.5 Å². The average molecular weight is 435 g/mol. The fourth-order valence-electron chi connectivity index (χ4n) is 3.46. The number of nitrogens with zero attached hydrogens (tertiary/aromatic N) is 1. The molecule has 0 fully saturated rings. The summed E-state index contributed by atoms with van der Waals surface area (Å²) in [6.07, 6.45) is 3.10. The fourth-order valence-corrected chi connectivity index (χ4v) is 4.84. The van der Waals surface area contributed by atoms with E-state index in [1.165, 1.54) is 6.07 Å². The number of benzene rings is 1. The maximum atomic E-state index is 12.5. The van der Waals surface area contributed by atoms with Crippen molar-refractivity contribution in [1.82, 2.24) is 10.2 Å². The average Bonchev–Trinajstić information content (AvgIpc) is 3.12. The van der Waals surface area contributed by atoms with Gasteiger partial charge in [0.05, 0.1) is 5.75 Å². The van der Waals surface area contributed by atoms with E-state index in [0.717, 1.165) is 50.0 Å². The molecule has 0 atom stereocenters. The van der Waals surface area contributed by atoms with E-state index in [-0.39, 0.29) is 28.9 Å². The Bertz CT molecular complexity index is 899. The van der Waals surface area contributed by atoms with Crippen LogP contribution in [0, 0.1) is 6.92 Å². The SMILES string of the molecule is CCCN(CCC)CCCNC(=O)c1ccc(CS(=O)(=O)Cc2cccc(C)c2)o1. The van der Waals surface area contributed by atoms with Gasteiger partial charge in [-0.2, -0.15) is 0 Å². The molecule has 0 aliphatic heterocycles. The van der Waals surface area contributed by atoms with E-state index in [0.29, 0.717) is 6.54 Å². The molecule has 6 nitrogen and oxygen atoms in total. The number of furan rings is 1. The maximum absolute atomic E-state index is 12.5. The van der Waals surface area contributed by atoms with Gasteiger partial charge in [0.2, 0.25) is 0 Å². The number of sulfone groups is 1. The normalized spacial score (nSPS) is 11.7. The highest BCUT2D eigenvalue weighted by Gasteiger charge is 2.18. The van der Waals surface area contributed by atoms with Crippen molar-refractivity contribution in [3.63, 3.8) is 0 Å². The van der Waals surface area contributed by atoms with Crippen LogP contribution in [0.25, 0.3) is 0 Å². The number of nitrogens with one attached hydrogen (secondary N) is 1. The standard InChI is InChI=1S/C23H34N2O4S/c1-4-13-25(14-5-2)15-7-12-24-23(26)22-11-10-21(29-22)18-30(27,28)17-20-9-6-8-19(3)16-20/h6,8-11,16H,4-5,7,12-15,17-18H2,1-3H3,(H,24,26). The molecule has 0 bridgehead atoms. The Hall–Kier alpha value is -2.12. The Morgan fingerprint density at radius 2 is 1.77 bits per heavy atom. The van der Waals surface area contributed by atoms with E-state index in [9.17, 15) is 13.2 Å². The number of carbonyl (C=O) groups excluding carboxylic acids is 1. The first-order chi connectivity index (χ1) is 14.3. The van der Waals surface area contributed by atoms with Crippen LogP contribution in [-0.4, -0.2) is 45.4 Å². The van der Waals surface area contributed by atoms with Gasteiger partial charge in [-0.1, -0.05) is 43.7 Å². The van der Waals surface area contributed by atoms with E-state index in [2.05, 4.69) is 24.1 Å². The lowest BCUT2D eigenvalue weighted by Crippen LogP contribution is -2.31. The molecule has 0 saturated heterocycles. The molecule has 1 amide bonds. The van der Waals surface area contributed by atoms with Crippen molar-refractivity contribution < 1.29 is 17.6 Å². The number of carbonyl (C=O) groups is 1. The molecule has 1 aromatic heterocycles. The van der Waals surface area contributed by atoms with E-state index >= 15 is 0 Å². The number of amides is 1. The largest absolute Gasteiger partial charge is 0.455 e. The summed E-state index contributed by atoms with van der Waals surface area (Å²) in [6, 6.07) is 10.5. The lowest BCUT2D eigenvalue weighted by Gasteiger charge is -2.20. The zero-order valence-corrected chi connectivity index (χ0v) is 19.1. The van der Waals surface area contributed by atoms with Gasteiger partial charge in [0, 0.05) is 6.54 Å². The summed E-state index contributed by atoms with van der Waals surface area (Å²) in [5, 5.41) is 2.85. The van der Waals surface area contributed by atoms with E-state index < -0.39 is 9.84 Å². The van der Waals surface area contributed by atoms with Crippen LogP contribution in [0.1, 0.15) is 60.6 Å². The second kappa shape index (κ2) is 11.9. The lowest BCUT2D eigenvalue weighted by molar-refractivity contribution is 0.0922.